The van der Waals surface area contributed by atoms with E-state index in [9.17, 15) is 0 Å². The summed E-state index contributed by atoms with van der Waals surface area (Å²) in [6.45, 7) is 0. The standard InChI is InChI=1S/C20H19N3O/c1-24-15-11-9-14(10-12-15)18-17-8-4-6-13-5-2-3-7-16(13)19(17)23-20(21)22-18/h2-3,5,7,9-12H,4,6,8H2,1H3,(H2,21,22,23). The lowest BCUT2D eigenvalue weighted by molar-refractivity contribution is 0.415. The van der Waals surface area contributed by atoms with Crippen molar-refractivity contribution >= 4 is 5.95 Å². The van der Waals surface area contributed by atoms with E-state index < -0.39 is 0 Å². The molecule has 4 nitrogen and oxygen atoms in total. The first-order chi connectivity index (χ1) is 11.8. The maximum Gasteiger partial charge on any atom is 0.221 e. The number of aryl methyl sites for hydroxylation is 1. The summed E-state index contributed by atoms with van der Waals surface area (Å²) in [5.41, 5.74) is 12.7. The number of methoxy groups -OCH3 is 1. The van der Waals surface area contributed by atoms with Crippen molar-refractivity contribution in [3.05, 3.63) is 59.7 Å². The van der Waals surface area contributed by atoms with Crippen LogP contribution >= 0.6 is 0 Å². The number of anilines is 1. The van der Waals surface area contributed by atoms with Gasteiger partial charge in [0.15, 0.2) is 0 Å². The van der Waals surface area contributed by atoms with Crippen LogP contribution in [0.15, 0.2) is 48.5 Å². The number of fused-ring (bicyclic) bond motifs is 3. The monoisotopic (exact) mass is 317 g/mol. The van der Waals surface area contributed by atoms with Crippen LogP contribution < -0.4 is 10.5 Å². The van der Waals surface area contributed by atoms with Crippen LogP contribution in [0.25, 0.3) is 22.5 Å². The zero-order chi connectivity index (χ0) is 16.5. The van der Waals surface area contributed by atoms with E-state index in [-0.39, 0.29) is 0 Å². The van der Waals surface area contributed by atoms with Gasteiger partial charge in [0.25, 0.3) is 0 Å². The molecule has 0 saturated carbocycles. The number of hydrogen-bond donors (Lipinski definition) is 1. The molecule has 0 bridgehead atoms. The summed E-state index contributed by atoms with van der Waals surface area (Å²) in [4.78, 5) is 9.13. The minimum absolute atomic E-state index is 0.316. The fraction of sp³-hybridized carbons (Fsp3) is 0.200. The van der Waals surface area contributed by atoms with E-state index in [0.717, 1.165) is 42.0 Å². The molecule has 0 amide bonds. The molecule has 0 aliphatic heterocycles. The Balaban J connectivity index is 1.93. The molecule has 3 aromatic rings. The van der Waals surface area contributed by atoms with Crippen molar-refractivity contribution < 1.29 is 4.74 Å². The Morgan fingerprint density at radius 1 is 0.917 bits per heavy atom. The van der Waals surface area contributed by atoms with Crippen molar-refractivity contribution in [1.82, 2.24) is 9.97 Å². The topological polar surface area (TPSA) is 61.0 Å². The number of ether oxygens (including phenoxy) is 1. The van der Waals surface area contributed by atoms with Crippen LogP contribution in [0.1, 0.15) is 17.5 Å². The average Bonchev–Trinajstić information content (AvgIpc) is 2.81. The maximum atomic E-state index is 6.04. The van der Waals surface area contributed by atoms with Gasteiger partial charge < -0.3 is 10.5 Å². The smallest absolute Gasteiger partial charge is 0.221 e. The Bertz CT molecular complexity index is 888. The third-order valence-corrected chi connectivity index (χ3v) is 4.53. The predicted molar refractivity (Wildman–Crippen MR) is 95.9 cm³/mol. The van der Waals surface area contributed by atoms with E-state index in [1.54, 1.807) is 7.11 Å². The molecular formula is C20H19N3O. The minimum Gasteiger partial charge on any atom is -0.497 e. The Kier molecular flexibility index (Phi) is 3.65. The van der Waals surface area contributed by atoms with E-state index in [0.29, 0.717) is 5.95 Å². The number of nitrogens with zero attached hydrogens (tertiary/aromatic N) is 2. The molecule has 0 radical (unpaired) electrons. The van der Waals surface area contributed by atoms with Crippen LogP contribution in [0, 0.1) is 0 Å². The Morgan fingerprint density at radius 3 is 2.46 bits per heavy atom. The third-order valence-electron chi connectivity index (χ3n) is 4.53. The summed E-state index contributed by atoms with van der Waals surface area (Å²) in [5.74, 6) is 1.15. The molecule has 1 heterocycles. The van der Waals surface area contributed by atoms with Crippen molar-refractivity contribution in [1.29, 1.82) is 0 Å². The molecule has 4 heteroatoms. The second-order valence-electron chi connectivity index (χ2n) is 6.00. The number of rotatable bonds is 2. The van der Waals surface area contributed by atoms with Gasteiger partial charge >= 0.3 is 0 Å². The van der Waals surface area contributed by atoms with E-state index in [2.05, 4.69) is 34.2 Å². The fourth-order valence-corrected chi connectivity index (χ4v) is 3.37. The van der Waals surface area contributed by atoms with Crippen molar-refractivity contribution in [2.24, 2.45) is 0 Å². The molecule has 1 aromatic heterocycles. The van der Waals surface area contributed by atoms with Crippen LogP contribution in [0.4, 0.5) is 5.95 Å². The number of hydrogen-bond acceptors (Lipinski definition) is 4. The summed E-state index contributed by atoms with van der Waals surface area (Å²) in [6, 6.07) is 16.4. The van der Waals surface area contributed by atoms with Gasteiger partial charge in [-0.1, -0.05) is 24.3 Å². The number of benzene rings is 2. The van der Waals surface area contributed by atoms with Crippen LogP contribution in [0.5, 0.6) is 5.75 Å². The second kappa shape index (κ2) is 5.96. The molecule has 0 unspecified atom stereocenters. The molecule has 120 valence electrons. The van der Waals surface area contributed by atoms with Crippen LogP contribution in [-0.4, -0.2) is 17.1 Å². The van der Waals surface area contributed by atoms with Gasteiger partial charge in [0, 0.05) is 16.7 Å². The van der Waals surface area contributed by atoms with Crippen molar-refractivity contribution in [2.45, 2.75) is 19.3 Å². The lowest BCUT2D eigenvalue weighted by Gasteiger charge is -2.13. The lowest BCUT2D eigenvalue weighted by atomic mass is 9.98. The van der Waals surface area contributed by atoms with Crippen molar-refractivity contribution in [2.75, 3.05) is 12.8 Å². The molecular weight excluding hydrogens is 298 g/mol. The molecule has 1 aliphatic rings. The lowest BCUT2D eigenvalue weighted by Crippen LogP contribution is -2.04. The summed E-state index contributed by atoms with van der Waals surface area (Å²) < 4.78 is 5.25. The average molecular weight is 317 g/mol. The fourth-order valence-electron chi connectivity index (χ4n) is 3.37. The van der Waals surface area contributed by atoms with Gasteiger partial charge in [0.05, 0.1) is 18.5 Å². The van der Waals surface area contributed by atoms with Gasteiger partial charge in [-0.3, -0.25) is 0 Å². The Morgan fingerprint density at radius 2 is 1.67 bits per heavy atom. The number of nitrogens with two attached hydrogens (primary N) is 1. The summed E-state index contributed by atoms with van der Waals surface area (Å²) >= 11 is 0. The molecule has 0 saturated heterocycles. The van der Waals surface area contributed by atoms with Gasteiger partial charge in [-0.25, -0.2) is 9.97 Å². The molecule has 2 N–H and O–H groups in total. The van der Waals surface area contributed by atoms with Gasteiger partial charge in [-0.2, -0.15) is 0 Å². The highest BCUT2D eigenvalue weighted by Gasteiger charge is 2.21. The van der Waals surface area contributed by atoms with Crippen LogP contribution in [-0.2, 0) is 12.8 Å². The van der Waals surface area contributed by atoms with E-state index >= 15 is 0 Å². The zero-order valence-electron chi connectivity index (χ0n) is 13.6. The molecule has 0 spiro atoms. The zero-order valence-corrected chi connectivity index (χ0v) is 13.6. The molecule has 0 atom stereocenters. The highest BCUT2D eigenvalue weighted by atomic mass is 16.5. The SMILES string of the molecule is COc1ccc(-c2nc(N)nc3c2CCCc2ccccc2-3)cc1. The highest BCUT2D eigenvalue weighted by molar-refractivity contribution is 5.77. The van der Waals surface area contributed by atoms with Crippen LogP contribution in [0.2, 0.25) is 0 Å². The molecule has 2 aromatic carbocycles. The highest BCUT2D eigenvalue weighted by Crippen LogP contribution is 2.36. The Labute approximate surface area is 141 Å². The van der Waals surface area contributed by atoms with Crippen molar-refractivity contribution in [3.8, 4) is 28.3 Å². The van der Waals surface area contributed by atoms with E-state index in [1.165, 1.54) is 16.7 Å². The van der Waals surface area contributed by atoms with E-state index in [1.807, 2.05) is 24.3 Å². The Hall–Kier alpha value is -2.88. The minimum atomic E-state index is 0.316. The molecule has 24 heavy (non-hydrogen) atoms. The predicted octanol–water partition coefficient (Wildman–Crippen LogP) is 3.89. The summed E-state index contributed by atoms with van der Waals surface area (Å²) in [7, 11) is 1.67. The first-order valence-corrected chi connectivity index (χ1v) is 8.15. The number of nitrogen functional groups attached to an aromatic ring is 1. The quantitative estimate of drug-likeness (QED) is 0.779. The maximum absolute atomic E-state index is 6.04. The first kappa shape index (κ1) is 14.7. The summed E-state index contributed by atoms with van der Waals surface area (Å²) in [6.07, 6.45) is 3.08. The molecule has 1 aliphatic carbocycles. The third kappa shape index (κ3) is 2.50. The van der Waals surface area contributed by atoms with Gasteiger partial charge in [-0.15, -0.1) is 0 Å². The molecule has 4 rings (SSSR count). The summed E-state index contributed by atoms with van der Waals surface area (Å²) in [5, 5.41) is 0. The van der Waals surface area contributed by atoms with Gasteiger partial charge in [0.2, 0.25) is 5.95 Å². The van der Waals surface area contributed by atoms with Crippen LogP contribution in [0.3, 0.4) is 0 Å². The first-order valence-electron chi connectivity index (χ1n) is 8.15. The molecule has 0 fully saturated rings. The second-order valence-corrected chi connectivity index (χ2v) is 6.00. The normalized spacial score (nSPS) is 12.9. The number of aromatic nitrogens is 2. The van der Waals surface area contributed by atoms with Gasteiger partial charge in [0.1, 0.15) is 5.75 Å². The van der Waals surface area contributed by atoms with Gasteiger partial charge in [-0.05, 0) is 49.1 Å². The van der Waals surface area contributed by atoms with Crippen molar-refractivity contribution in [3.63, 3.8) is 0 Å². The largest absolute Gasteiger partial charge is 0.497 e. The van der Waals surface area contributed by atoms with E-state index in [4.69, 9.17) is 10.5 Å².